The number of nitrogens with zero attached hydrogens (tertiary/aromatic N) is 4. The molecule has 1 aromatic rings. The quantitative estimate of drug-likeness (QED) is 0.614. The van der Waals surface area contributed by atoms with Gasteiger partial charge in [0.2, 0.25) is 0 Å². The van der Waals surface area contributed by atoms with Gasteiger partial charge in [-0.3, -0.25) is 9.59 Å². The lowest BCUT2D eigenvalue weighted by Gasteiger charge is -2.41. The molecule has 11 nitrogen and oxygen atoms in total. The van der Waals surface area contributed by atoms with E-state index in [0.717, 1.165) is 0 Å². The first kappa shape index (κ1) is 28.1. The number of fused-ring (bicyclic) bond motifs is 1. The Morgan fingerprint density at radius 2 is 1.92 bits per heavy atom. The number of piperidine rings is 1. The van der Waals surface area contributed by atoms with Gasteiger partial charge in [-0.1, -0.05) is 0 Å². The predicted molar refractivity (Wildman–Crippen MR) is 137 cm³/mol. The van der Waals surface area contributed by atoms with Crippen LogP contribution < -0.4 is 9.64 Å². The molecule has 4 amide bonds. The van der Waals surface area contributed by atoms with Crippen LogP contribution in [-0.2, 0) is 9.53 Å². The first-order valence-electron chi connectivity index (χ1n) is 12.5. The molecule has 37 heavy (non-hydrogen) atoms. The fourth-order valence-corrected chi connectivity index (χ4v) is 4.84. The standard InChI is InChI=1S/C26H38N4O7/c1-16(2)30(18-9-8-10-28(15-18)24(33)34)22(31)19-14-20-21(13-17(19)3)37-26(4,5)23(32)29(20)11-12-36-25(35)27(6)7/h13-14,16,18H,8-12,15H2,1-7H3,(H,33,34)/t18-/m1/s1. The Kier molecular flexibility index (Phi) is 8.24. The molecule has 3 rings (SSSR count). The molecule has 1 fully saturated rings. The van der Waals surface area contributed by atoms with Crippen molar-refractivity contribution in [2.45, 2.75) is 65.1 Å². The molecule has 0 saturated carbocycles. The van der Waals surface area contributed by atoms with Crippen molar-refractivity contribution in [2.24, 2.45) is 0 Å². The molecule has 0 spiro atoms. The third kappa shape index (κ3) is 5.91. The molecule has 0 bridgehead atoms. The lowest BCUT2D eigenvalue weighted by atomic mass is 9.97. The number of aryl methyl sites for hydroxylation is 1. The van der Waals surface area contributed by atoms with E-state index in [-0.39, 0.29) is 43.6 Å². The number of ether oxygens (including phenoxy) is 2. The van der Waals surface area contributed by atoms with Crippen molar-refractivity contribution in [2.75, 3.05) is 45.2 Å². The zero-order valence-corrected chi connectivity index (χ0v) is 22.7. The van der Waals surface area contributed by atoms with Crippen molar-refractivity contribution in [1.82, 2.24) is 14.7 Å². The van der Waals surface area contributed by atoms with Crippen molar-refractivity contribution in [3.8, 4) is 5.75 Å². The number of anilines is 1. The fraction of sp³-hybridized carbons (Fsp3) is 0.615. The molecular weight excluding hydrogens is 480 g/mol. The third-order valence-corrected chi connectivity index (χ3v) is 6.71. The molecule has 11 heteroatoms. The van der Waals surface area contributed by atoms with E-state index >= 15 is 0 Å². The highest BCUT2D eigenvalue weighted by Gasteiger charge is 2.42. The van der Waals surface area contributed by atoms with E-state index in [2.05, 4.69) is 0 Å². The summed E-state index contributed by atoms with van der Waals surface area (Å²) in [7, 11) is 3.15. The van der Waals surface area contributed by atoms with Gasteiger partial charge in [-0.2, -0.15) is 0 Å². The largest absolute Gasteiger partial charge is 0.476 e. The molecule has 1 N–H and O–H groups in total. The maximum atomic E-state index is 13.9. The Balaban J connectivity index is 1.95. The van der Waals surface area contributed by atoms with Crippen LogP contribution in [0.25, 0.3) is 0 Å². The van der Waals surface area contributed by atoms with E-state index < -0.39 is 17.8 Å². The summed E-state index contributed by atoms with van der Waals surface area (Å²) in [4.78, 5) is 56.5. The smallest absolute Gasteiger partial charge is 0.409 e. The van der Waals surface area contributed by atoms with E-state index in [1.807, 2.05) is 20.8 Å². The summed E-state index contributed by atoms with van der Waals surface area (Å²) in [6, 6.07) is 2.98. The van der Waals surface area contributed by atoms with Crippen LogP contribution >= 0.6 is 0 Å². The van der Waals surface area contributed by atoms with Crippen molar-refractivity contribution in [3.63, 3.8) is 0 Å². The van der Waals surface area contributed by atoms with Gasteiger partial charge in [0.15, 0.2) is 5.60 Å². The highest BCUT2D eigenvalue weighted by molar-refractivity contribution is 6.05. The SMILES string of the molecule is Cc1cc2c(cc1C(=O)N(C(C)C)[C@@H]1CCCN(C(=O)O)C1)N(CCOC(=O)N(C)C)C(=O)C(C)(C)O2. The van der Waals surface area contributed by atoms with Crippen LogP contribution in [0.3, 0.4) is 0 Å². The fourth-order valence-electron chi connectivity index (χ4n) is 4.84. The van der Waals surface area contributed by atoms with E-state index in [0.29, 0.717) is 42.0 Å². The molecule has 0 unspecified atom stereocenters. The Bertz CT molecular complexity index is 1070. The lowest BCUT2D eigenvalue weighted by molar-refractivity contribution is -0.132. The average molecular weight is 519 g/mol. The molecular formula is C26H38N4O7. The van der Waals surface area contributed by atoms with Crippen molar-refractivity contribution >= 4 is 29.7 Å². The summed E-state index contributed by atoms with van der Waals surface area (Å²) in [5, 5.41) is 9.48. The summed E-state index contributed by atoms with van der Waals surface area (Å²) >= 11 is 0. The van der Waals surface area contributed by atoms with E-state index in [9.17, 15) is 24.3 Å². The number of amides is 4. The topological polar surface area (TPSA) is 120 Å². The molecule has 1 aromatic carbocycles. The van der Waals surface area contributed by atoms with Crippen molar-refractivity contribution in [3.05, 3.63) is 23.3 Å². The minimum Gasteiger partial charge on any atom is -0.476 e. The van der Waals surface area contributed by atoms with Gasteiger partial charge in [0, 0.05) is 38.8 Å². The van der Waals surface area contributed by atoms with Crippen LogP contribution in [0.5, 0.6) is 5.75 Å². The minimum atomic E-state index is -1.14. The maximum Gasteiger partial charge on any atom is 0.409 e. The highest BCUT2D eigenvalue weighted by atomic mass is 16.6. The zero-order valence-electron chi connectivity index (χ0n) is 22.7. The normalized spacial score (nSPS) is 18.7. The van der Waals surface area contributed by atoms with Crippen LogP contribution in [0.2, 0.25) is 0 Å². The monoisotopic (exact) mass is 518 g/mol. The second kappa shape index (κ2) is 10.9. The highest BCUT2D eigenvalue weighted by Crippen LogP contribution is 2.40. The maximum absolute atomic E-state index is 13.9. The van der Waals surface area contributed by atoms with Gasteiger partial charge < -0.3 is 34.2 Å². The van der Waals surface area contributed by atoms with Gasteiger partial charge in [0.1, 0.15) is 12.4 Å². The van der Waals surface area contributed by atoms with Crippen molar-refractivity contribution in [1.29, 1.82) is 0 Å². The first-order chi connectivity index (χ1) is 17.2. The van der Waals surface area contributed by atoms with Crippen LogP contribution in [0.4, 0.5) is 15.3 Å². The first-order valence-corrected chi connectivity index (χ1v) is 12.5. The molecule has 0 radical (unpaired) electrons. The number of carbonyl (C=O) groups excluding carboxylic acids is 3. The Morgan fingerprint density at radius 3 is 2.51 bits per heavy atom. The minimum absolute atomic E-state index is 0.0271. The summed E-state index contributed by atoms with van der Waals surface area (Å²) in [6.45, 7) is 9.74. The number of carboxylic acid groups (broad SMARTS) is 1. The molecule has 0 aromatic heterocycles. The zero-order chi connectivity index (χ0) is 27.7. The lowest BCUT2D eigenvalue weighted by Crippen LogP contribution is -2.54. The summed E-state index contributed by atoms with van der Waals surface area (Å²) < 4.78 is 11.2. The third-order valence-electron chi connectivity index (χ3n) is 6.71. The van der Waals surface area contributed by atoms with Crippen LogP contribution in [0.15, 0.2) is 12.1 Å². The summed E-state index contributed by atoms with van der Waals surface area (Å²) in [5.41, 5.74) is 0.387. The molecule has 204 valence electrons. The predicted octanol–water partition coefficient (Wildman–Crippen LogP) is 3.19. The summed E-state index contributed by atoms with van der Waals surface area (Å²) in [5.74, 6) is -0.0829. The van der Waals surface area contributed by atoms with E-state index in [1.165, 1.54) is 14.7 Å². The van der Waals surface area contributed by atoms with Gasteiger partial charge in [0.05, 0.1) is 18.3 Å². The van der Waals surface area contributed by atoms with Crippen LogP contribution in [-0.4, -0.2) is 102 Å². The number of benzene rings is 1. The molecule has 1 saturated heterocycles. The average Bonchev–Trinajstić information content (AvgIpc) is 2.80. The molecule has 2 aliphatic rings. The van der Waals surface area contributed by atoms with E-state index in [1.54, 1.807) is 45.0 Å². The number of hydrogen-bond donors (Lipinski definition) is 1. The molecule has 2 aliphatic heterocycles. The van der Waals surface area contributed by atoms with Crippen LogP contribution in [0.1, 0.15) is 56.5 Å². The summed E-state index contributed by atoms with van der Waals surface area (Å²) in [6.07, 6.45) is -0.130. The van der Waals surface area contributed by atoms with Crippen LogP contribution in [0, 0.1) is 6.92 Å². The van der Waals surface area contributed by atoms with Gasteiger partial charge >= 0.3 is 12.2 Å². The van der Waals surface area contributed by atoms with Crippen molar-refractivity contribution < 1.29 is 33.8 Å². The van der Waals surface area contributed by atoms with Gasteiger partial charge in [-0.15, -0.1) is 0 Å². The second-order valence-electron chi connectivity index (χ2n) is 10.5. The molecule has 2 heterocycles. The number of hydrogen-bond acceptors (Lipinski definition) is 6. The van der Waals surface area contributed by atoms with Gasteiger partial charge in [0.25, 0.3) is 11.8 Å². The van der Waals surface area contributed by atoms with Gasteiger partial charge in [-0.25, -0.2) is 9.59 Å². The number of rotatable bonds is 6. The van der Waals surface area contributed by atoms with E-state index in [4.69, 9.17) is 9.47 Å². The second-order valence-corrected chi connectivity index (χ2v) is 10.5. The number of likely N-dealkylation sites (tertiary alicyclic amines) is 1. The Morgan fingerprint density at radius 1 is 1.24 bits per heavy atom. The number of carbonyl (C=O) groups is 4. The Hall–Kier alpha value is -3.50. The van der Waals surface area contributed by atoms with Gasteiger partial charge in [-0.05, 0) is 65.2 Å². The molecule has 0 aliphatic carbocycles. The Labute approximate surface area is 217 Å². The molecule has 1 atom stereocenters.